The van der Waals surface area contributed by atoms with Gasteiger partial charge in [-0.1, -0.05) is 12.1 Å². The van der Waals surface area contributed by atoms with Gasteiger partial charge in [0.05, 0.1) is 12.0 Å². The Balaban J connectivity index is 2.15. The summed E-state index contributed by atoms with van der Waals surface area (Å²) in [7, 11) is 1.59. The van der Waals surface area contributed by atoms with Crippen molar-refractivity contribution >= 4 is 6.08 Å². The fourth-order valence-electron chi connectivity index (χ4n) is 3.50. The number of methoxy groups -OCH3 is 1. The minimum absolute atomic E-state index is 0.0299. The smallest absolute Gasteiger partial charge is 0.274 e. The van der Waals surface area contributed by atoms with Gasteiger partial charge in [-0.2, -0.15) is 5.06 Å². The first-order valence-electron chi connectivity index (χ1n) is 8.58. The first-order chi connectivity index (χ1) is 11.7. The van der Waals surface area contributed by atoms with Crippen LogP contribution in [0.25, 0.3) is 6.08 Å². The van der Waals surface area contributed by atoms with Crippen molar-refractivity contribution in [1.29, 1.82) is 0 Å². The SMILES string of the molecule is COc1ccc(/C=C(/CON2C(C)(C)CCCC2(C)C)[N+](=O)[O-])cc1. The monoisotopic (exact) mass is 348 g/mol. The number of hydrogen-bond acceptors (Lipinski definition) is 5. The Morgan fingerprint density at radius 1 is 1.20 bits per heavy atom. The molecule has 25 heavy (non-hydrogen) atoms. The molecule has 0 aromatic heterocycles. The van der Waals surface area contributed by atoms with Gasteiger partial charge in [-0.15, -0.1) is 0 Å². The Morgan fingerprint density at radius 3 is 2.24 bits per heavy atom. The third-order valence-corrected chi connectivity index (χ3v) is 4.70. The van der Waals surface area contributed by atoms with Crippen LogP contribution in [0.15, 0.2) is 30.0 Å². The van der Waals surface area contributed by atoms with E-state index in [2.05, 4.69) is 27.7 Å². The predicted molar refractivity (Wildman–Crippen MR) is 97.8 cm³/mol. The summed E-state index contributed by atoms with van der Waals surface area (Å²) in [6.45, 7) is 8.41. The van der Waals surface area contributed by atoms with E-state index in [0.717, 1.165) is 24.8 Å². The molecule has 138 valence electrons. The van der Waals surface area contributed by atoms with E-state index in [1.165, 1.54) is 0 Å². The van der Waals surface area contributed by atoms with E-state index in [4.69, 9.17) is 9.57 Å². The van der Waals surface area contributed by atoms with Crippen LogP contribution in [0.5, 0.6) is 5.75 Å². The minimum atomic E-state index is -0.381. The molecule has 0 unspecified atom stereocenters. The Morgan fingerprint density at radius 2 is 1.76 bits per heavy atom. The topological polar surface area (TPSA) is 64.8 Å². The van der Waals surface area contributed by atoms with E-state index in [-0.39, 0.29) is 28.3 Å². The van der Waals surface area contributed by atoms with Gasteiger partial charge in [0, 0.05) is 17.2 Å². The molecule has 0 radical (unpaired) electrons. The van der Waals surface area contributed by atoms with Crippen LogP contribution in [0.2, 0.25) is 0 Å². The zero-order valence-electron chi connectivity index (χ0n) is 15.7. The average Bonchev–Trinajstić information content (AvgIpc) is 2.52. The van der Waals surface area contributed by atoms with Crippen molar-refractivity contribution in [2.24, 2.45) is 0 Å². The largest absolute Gasteiger partial charge is 0.497 e. The highest BCUT2D eigenvalue weighted by atomic mass is 16.7. The van der Waals surface area contributed by atoms with Gasteiger partial charge in [-0.3, -0.25) is 15.0 Å². The fourth-order valence-corrected chi connectivity index (χ4v) is 3.50. The molecule has 1 aliphatic heterocycles. The maximum absolute atomic E-state index is 11.4. The summed E-state index contributed by atoms with van der Waals surface area (Å²) in [6, 6.07) is 7.14. The fraction of sp³-hybridized carbons (Fsp3) is 0.579. The van der Waals surface area contributed by atoms with Gasteiger partial charge in [0.2, 0.25) is 0 Å². The summed E-state index contributed by atoms with van der Waals surface area (Å²) in [5.41, 5.74) is 0.475. The van der Waals surface area contributed by atoms with E-state index in [0.29, 0.717) is 5.75 Å². The van der Waals surface area contributed by atoms with Gasteiger partial charge in [0.1, 0.15) is 5.75 Å². The number of rotatable bonds is 6. The zero-order chi connectivity index (χ0) is 18.7. The molecule has 1 heterocycles. The van der Waals surface area contributed by atoms with Crippen LogP contribution in [-0.2, 0) is 4.84 Å². The molecule has 0 spiro atoms. The predicted octanol–water partition coefficient (Wildman–Crippen LogP) is 4.29. The van der Waals surface area contributed by atoms with Crippen molar-refractivity contribution in [3.05, 3.63) is 45.6 Å². The Bertz CT molecular complexity index is 619. The highest BCUT2D eigenvalue weighted by Gasteiger charge is 2.42. The standard InChI is InChI=1S/C19H28N2O4/c1-18(2)11-6-12-19(3,4)21(18)25-14-16(20(22)23)13-15-7-9-17(24-5)10-8-15/h7-10,13H,6,11-12,14H2,1-5H3/b16-13-. The molecule has 0 amide bonds. The van der Waals surface area contributed by atoms with Crippen LogP contribution in [0.1, 0.15) is 52.5 Å². The molecule has 0 bridgehead atoms. The molecule has 1 aromatic carbocycles. The van der Waals surface area contributed by atoms with Crippen molar-refractivity contribution in [2.75, 3.05) is 13.7 Å². The summed E-state index contributed by atoms with van der Waals surface area (Å²) < 4.78 is 5.11. The molecule has 1 fully saturated rings. The number of nitro groups is 1. The van der Waals surface area contributed by atoms with Crippen molar-refractivity contribution < 1.29 is 14.5 Å². The number of nitrogens with zero attached hydrogens (tertiary/aromatic N) is 2. The van der Waals surface area contributed by atoms with Gasteiger partial charge in [-0.05, 0) is 64.7 Å². The molecule has 2 rings (SSSR count). The Labute approximate surface area is 149 Å². The van der Waals surface area contributed by atoms with Crippen molar-refractivity contribution in [1.82, 2.24) is 5.06 Å². The molecule has 0 N–H and O–H groups in total. The normalized spacial score (nSPS) is 20.3. The molecular formula is C19H28N2O4. The van der Waals surface area contributed by atoms with Gasteiger partial charge in [0.25, 0.3) is 5.70 Å². The molecule has 6 nitrogen and oxygen atoms in total. The number of benzene rings is 1. The number of hydroxylamine groups is 2. The summed E-state index contributed by atoms with van der Waals surface area (Å²) in [5, 5.41) is 13.4. The molecular weight excluding hydrogens is 320 g/mol. The lowest BCUT2D eigenvalue weighted by Crippen LogP contribution is -2.58. The average molecular weight is 348 g/mol. The van der Waals surface area contributed by atoms with Gasteiger partial charge >= 0.3 is 0 Å². The molecule has 0 aliphatic carbocycles. The van der Waals surface area contributed by atoms with Crippen LogP contribution in [0.3, 0.4) is 0 Å². The highest BCUT2D eigenvalue weighted by molar-refractivity contribution is 5.52. The first kappa shape index (κ1) is 19.4. The molecule has 1 aliphatic rings. The molecule has 0 saturated carbocycles. The second-order valence-corrected chi connectivity index (χ2v) is 7.71. The second-order valence-electron chi connectivity index (χ2n) is 7.71. The maximum Gasteiger partial charge on any atom is 0.274 e. The van der Waals surface area contributed by atoms with Gasteiger partial charge in [-0.25, -0.2) is 0 Å². The number of ether oxygens (including phenoxy) is 1. The second kappa shape index (κ2) is 7.54. The molecule has 6 heteroatoms. The summed E-state index contributed by atoms with van der Waals surface area (Å²) in [6.07, 6.45) is 4.69. The van der Waals surface area contributed by atoms with E-state index >= 15 is 0 Å². The lowest BCUT2D eigenvalue weighted by Gasteiger charge is -2.51. The number of hydrogen-bond donors (Lipinski definition) is 0. The van der Waals surface area contributed by atoms with E-state index < -0.39 is 0 Å². The maximum atomic E-state index is 11.4. The lowest BCUT2D eigenvalue weighted by molar-refractivity contribution is -0.436. The summed E-state index contributed by atoms with van der Waals surface area (Å²) in [4.78, 5) is 17.0. The minimum Gasteiger partial charge on any atom is -0.497 e. The van der Waals surface area contributed by atoms with E-state index in [1.807, 2.05) is 5.06 Å². The van der Waals surface area contributed by atoms with Crippen LogP contribution >= 0.6 is 0 Å². The quantitative estimate of drug-likeness (QED) is 0.567. The zero-order valence-corrected chi connectivity index (χ0v) is 15.7. The van der Waals surface area contributed by atoms with Crippen molar-refractivity contribution in [3.63, 3.8) is 0 Å². The third kappa shape index (κ3) is 4.80. The molecule has 1 saturated heterocycles. The number of piperidine rings is 1. The highest BCUT2D eigenvalue weighted by Crippen LogP contribution is 2.38. The van der Waals surface area contributed by atoms with Crippen LogP contribution < -0.4 is 4.74 Å². The summed E-state index contributed by atoms with van der Waals surface area (Å²) >= 11 is 0. The molecule has 1 aromatic rings. The Hall–Kier alpha value is -1.92. The van der Waals surface area contributed by atoms with E-state index in [9.17, 15) is 10.1 Å². The van der Waals surface area contributed by atoms with Crippen LogP contribution in [-0.4, -0.2) is 34.8 Å². The van der Waals surface area contributed by atoms with Crippen LogP contribution in [0.4, 0.5) is 0 Å². The third-order valence-electron chi connectivity index (χ3n) is 4.70. The van der Waals surface area contributed by atoms with Gasteiger partial charge < -0.3 is 4.74 Å². The first-order valence-corrected chi connectivity index (χ1v) is 8.58. The van der Waals surface area contributed by atoms with Crippen LogP contribution in [0, 0.1) is 10.1 Å². The lowest BCUT2D eigenvalue weighted by atomic mass is 9.82. The molecule has 0 atom stereocenters. The Kier molecular flexibility index (Phi) is 5.85. The summed E-state index contributed by atoms with van der Waals surface area (Å²) in [5.74, 6) is 0.716. The van der Waals surface area contributed by atoms with Crippen molar-refractivity contribution in [3.8, 4) is 5.75 Å². The van der Waals surface area contributed by atoms with E-state index in [1.54, 1.807) is 37.5 Å². The van der Waals surface area contributed by atoms with Crippen molar-refractivity contribution in [2.45, 2.75) is 58.0 Å². The van der Waals surface area contributed by atoms with Gasteiger partial charge in [0.15, 0.2) is 6.61 Å².